The molecule has 0 aliphatic carbocycles. The Morgan fingerprint density at radius 2 is 2.00 bits per heavy atom. The first-order valence-electron chi connectivity index (χ1n) is 5.94. The normalized spacial score (nSPS) is 17.3. The van der Waals surface area contributed by atoms with E-state index in [1.807, 2.05) is 12.1 Å². The minimum absolute atomic E-state index is 0.713. The Hall–Kier alpha value is -1.22. The van der Waals surface area contributed by atoms with Gasteiger partial charge in [0.2, 0.25) is 0 Å². The highest BCUT2D eigenvalue weighted by atomic mass is 16.5. The van der Waals surface area contributed by atoms with Crippen LogP contribution in [-0.4, -0.2) is 25.1 Å². The number of anilines is 1. The highest BCUT2D eigenvalue weighted by molar-refractivity contribution is 5.53. The van der Waals surface area contributed by atoms with Gasteiger partial charge < -0.3 is 10.5 Å². The van der Waals surface area contributed by atoms with Crippen LogP contribution in [0.15, 0.2) is 18.2 Å². The number of likely N-dealkylation sites (tertiary alicyclic amines) is 1. The molecule has 1 saturated heterocycles. The number of ether oxygens (including phenoxy) is 1. The van der Waals surface area contributed by atoms with Crippen LogP contribution in [0.1, 0.15) is 24.8 Å². The summed E-state index contributed by atoms with van der Waals surface area (Å²) in [5.41, 5.74) is 7.79. The van der Waals surface area contributed by atoms with E-state index < -0.39 is 0 Å². The van der Waals surface area contributed by atoms with Crippen LogP contribution < -0.4 is 10.5 Å². The summed E-state index contributed by atoms with van der Waals surface area (Å²) in [6.45, 7) is 3.44. The standard InChI is InChI=1S/C13H20N2O/c1-16-13-9-11(5-6-12(13)14)10-15-7-3-2-4-8-15/h5-6,9H,2-4,7-8,10,14H2,1H3. The number of piperidine rings is 1. The molecular formula is C13H20N2O. The molecule has 1 fully saturated rings. The summed E-state index contributed by atoms with van der Waals surface area (Å²) in [4.78, 5) is 2.49. The van der Waals surface area contributed by atoms with Crippen molar-refractivity contribution in [3.63, 3.8) is 0 Å². The van der Waals surface area contributed by atoms with Crippen molar-refractivity contribution in [1.29, 1.82) is 0 Å². The topological polar surface area (TPSA) is 38.5 Å². The number of nitrogens with zero attached hydrogens (tertiary/aromatic N) is 1. The summed E-state index contributed by atoms with van der Waals surface area (Å²) in [6, 6.07) is 6.06. The second-order valence-corrected chi connectivity index (χ2v) is 4.41. The van der Waals surface area contributed by atoms with E-state index in [9.17, 15) is 0 Å². The average Bonchev–Trinajstić information content (AvgIpc) is 2.33. The second kappa shape index (κ2) is 5.21. The summed E-state index contributed by atoms with van der Waals surface area (Å²) in [6.07, 6.45) is 4.03. The van der Waals surface area contributed by atoms with Crippen molar-refractivity contribution in [2.45, 2.75) is 25.8 Å². The van der Waals surface area contributed by atoms with Gasteiger partial charge in [-0.05, 0) is 43.6 Å². The van der Waals surface area contributed by atoms with Gasteiger partial charge in [-0.15, -0.1) is 0 Å². The van der Waals surface area contributed by atoms with E-state index in [2.05, 4.69) is 11.0 Å². The third-order valence-corrected chi connectivity index (χ3v) is 3.15. The van der Waals surface area contributed by atoms with Crippen molar-refractivity contribution in [3.8, 4) is 5.75 Å². The molecule has 1 heterocycles. The lowest BCUT2D eigenvalue weighted by atomic mass is 10.1. The van der Waals surface area contributed by atoms with Crippen molar-refractivity contribution < 1.29 is 4.74 Å². The van der Waals surface area contributed by atoms with E-state index in [0.717, 1.165) is 12.3 Å². The van der Waals surface area contributed by atoms with Crippen molar-refractivity contribution in [2.24, 2.45) is 0 Å². The molecule has 0 bridgehead atoms. The molecular weight excluding hydrogens is 200 g/mol. The molecule has 1 aliphatic rings. The fraction of sp³-hybridized carbons (Fsp3) is 0.538. The van der Waals surface area contributed by atoms with Crippen LogP contribution in [0.4, 0.5) is 5.69 Å². The molecule has 1 aliphatic heterocycles. The molecule has 16 heavy (non-hydrogen) atoms. The molecule has 0 amide bonds. The first kappa shape index (κ1) is 11.3. The van der Waals surface area contributed by atoms with Gasteiger partial charge in [0.25, 0.3) is 0 Å². The molecule has 3 nitrogen and oxygen atoms in total. The van der Waals surface area contributed by atoms with E-state index in [4.69, 9.17) is 10.5 Å². The van der Waals surface area contributed by atoms with Crippen molar-refractivity contribution >= 4 is 5.69 Å². The number of nitrogens with two attached hydrogens (primary N) is 1. The first-order chi connectivity index (χ1) is 7.79. The number of hydrogen-bond acceptors (Lipinski definition) is 3. The number of rotatable bonds is 3. The Kier molecular flexibility index (Phi) is 3.67. The minimum atomic E-state index is 0.713. The first-order valence-corrected chi connectivity index (χ1v) is 5.94. The fourth-order valence-electron chi connectivity index (χ4n) is 2.23. The highest BCUT2D eigenvalue weighted by Gasteiger charge is 2.11. The van der Waals surface area contributed by atoms with Crippen molar-refractivity contribution in [3.05, 3.63) is 23.8 Å². The zero-order valence-corrected chi connectivity index (χ0v) is 9.91. The molecule has 2 N–H and O–H groups in total. The van der Waals surface area contributed by atoms with Gasteiger partial charge in [-0.1, -0.05) is 12.5 Å². The van der Waals surface area contributed by atoms with Crippen LogP contribution in [0, 0.1) is 0 Å². The number of hydrogen-bond donors (Lipinski definition) is 1. The predicted molar refractivity (Wildman–Crippen MR) is 66.5 cm³/mol. The summed E-state index contributed by atoms with van der Waals surface area (Å²) in [7, 11) is 1.66. The Labute approximate surface area is 97.2 Å². The Bertz CT molecular complexity index is 346. The van der Waals surface area contributed by atoms with Gasteiger partial charge in [0.15, 0.2) is 0 Å². The molecule has 0 unspecified atom stereocenters. The molecule has 1 aromatic carbocycles. The Morgan fingerprint density at radius 1 is 1.25 bits per heavy atom. The lowest BCUT2D eigenvalue weighted by Gasteiger charge is -2.26. The smallest absolute Gasteiger partial charge is 0.142 e. The van der Waals surface area contributed by atoms with E-state index in [1.54, 1.807) is 7.11 Å². The van der Waals surface area contributed by atoms with E-state index >= 15 is 0 Å². The van der Waals surface area contributed by atoms with Gasteiger partial charge >= 0.3 is 0 Å². The maximum absolute atomic E-state index is 5.79. The van der Waals surface area contributed by atoms with E-state index in [1.165, 1.54) is 37.9 Å². The SMILES string of the molecule is COc1cc(CN2CCCCC2)ccc1N. The van der Waals surface area contributed by atoms with Crippen molar-refractivity contribution in [2.75, 3.05) is 25.9 Å². The largest absolute Gasteiger partial charge is 0.495 e. The monoisotopic (exact) mass is 220 g/mol. The van der Waals surface area contributed by atoms with Gasteiger partial charge in [0.05, 0.1) is 12.8 Å². The Balaban J connectivity index is 2.03. The minimum Gasteiger partial charge on any atom is -0.495 e. The second-order valence-electron chi connectivity index (χ2n) is 4.41. The number of nitrogen functional groups attached to an aromatic ring is 1. The zero-order valence-electron chi connectivity index (χ0n) is 9.91. The van der Waals surface area contributed by atoms with Crippen LogP contribution in [0.5, 0.6) is 5.75 Å². The van der Waals surface area contributed by atoms with Gasteiger partial charge in [-0.25, -0.2) is 0 Å². The van der Waals surface area contributed by atoms with Crippen molar-refractivity contribution in [1.82, 2.24) is 4.90 Å². The molecule has 3 heteroatoms. The van der Waals surface area contributed by atoms with Crippen LogP contribution >= 0.6 is 0 Å². The molecule has 88 valence electrons. The van der Waals surface area contributed by atoms with Gasteiger partial charge in [0.1, 0.15) is 5.75 Å². The van der Waals surface area contributed by atoms with Gasteiger partial charge in [0, 0.05) is 6.54 Å². The van der Waals surface area contributed by atoms with Crippen LogP contribution in [0.3, 0.4) is 0 Å². The van der Waals surface area contributed by atoms with E-state index in [-0.39, 0.29) is 0 Å². The molecule has 0 saturated carbocycles. The van der Waals surface area contributed by atoms with Crippen LogP contribution in [-0.2, 0) is 6.54 Å². The number of benzene rings is 1. The predicted octanol–water partition coefficient (Wildman–Crippen LogP) is 2.26. The summed E-state index contributed by atoms with van der Waals surface area (Å²) in [5, 5.41) is 0. The third kappa shape index (κ3) is 2.67. The quantitative estimate of drug-likeness (QED) is 0.794. The summed E-state index contributed by atoms with van der Waals surface area (Å²) >= 11 is 0. The molecule has 0 aromatic heterocycles. The van der Waals surface area contributed by atoms with E-state index in [0.29, 0.717) is 5.69 Å². The molecule has 0 radical (unpaired) electrons. The van der Waals surface area contributed by atoms with Crippen LogP contribution in [0.25, 0.3) is 0 Å². The zero-order chi connectivity index (χ0) is 11.4. The molecule has 0 atom stereocenters. The lowest BCUT2D eigenvalue weighted by molar-refractivity contribution is 0.220. The lowest BCUT2D eigenvalue weighted by Crippen LogP contribution is -2.29. The molecule has 2 rings (SSSR count). The fourth-order valence-corrected chi connectivity index (χ4v) is 2.23. The van der Waals surface area contributed by atoms with Gasteiger partial charge in [-0.2, -0.15) is 0 Å². The van der Waals surface area contributed by atoms with Gasteiger partial charge in [-0.3, -0.25) is 4.90 Å². The number of methoxy groups -OCH3 is 1. The molecule has 1 aromatic rings. The summed E-state index contributed by atoms with van der Waals surface area (Å²) < 4.78 is 5.23. The average molecular weight is 220 g/mol. The maximum atomic E-state index is 5.79. The molecule has 0 spiro atoms. The third-order valence-electron chi connectivity index (χ3n) is 3.15. The Morgan fingerprint density at radius 3 is 2.69 bits per heavy atom. The highest BCUT2D eigenvalue weighted by Crippen LogP contribution is 2.23. The maximum Gasteiger partial charge on any atom is 0.142 e. The van der Waals surface area contributed by atoms with Crippen LogP contribution in [0.2, 0.25) is 0 Å². The summed E-state index contributed by atoms with van der Waals surface area (Å²) in [5.74, 6) is 0.787.